The predicted octanol–water partition coefficient (Wildman–Crippen LogP) is 2.99. The minimum atomic E-state index is 0.601. The van der Waals surface area contributed by atoms with Gasteiger partial charge < -0.3 is 9.88 Å². The number of benzene rings is 1. The van der Waals surface area contributed by atoms with E-state index in [9.17, 15) is 0 Å². The Morgan fingerprint density at radius 2 is 2.24 bits per heavy atom. The molecule has 2 aromatic heterocycles. The van der Waals surface area contributed by atoms with Crippen molar-refractivity contribution >= 4 is 22.4 Å². The number of fused-ring (bicyclic) bond motifs is 1. The number of nitrogens with zero attached hydrogens (tertiary/aromatic N) is 3. The van der Waals surface area contributed by atoms with Gasteiger partial charge in [0, 0.05) is 24.9 Å². The first-order valence-electron chi connectivity index (χ1n) is 7.41. The summed E-state index contributed by atoms with van der Waals surface area (Å²) in [4.78, 5) is 9.51. The van der Waals surface area contributed by atoms with Crippen LogP contribution in [-0.2, 0) is 13.5 Å². The van der Waals surface area contributed by atoms with Gasteiger partial charge in [-0.05, 0) is 31.5 Å². The molecule has 0 aliphatic carbocycles. The third kappa shape index (κ3) is 2.36. The highest BCUT2D eigenvalue weighted by atomic mass is 32.1. The molecule has 3 heterocycles. The van der Waals surface area contributed by atoms with Crippen LogP contribution in [-0.4, -0.2) is 27.1 Å². The third-order valence-electron chi connectivity index (χ3n) is 4.15. The molecule has 3 aromatic rings. The average molecular weight is 298 g/mol. The van der Waals surface area contributed by atoms with Crippen molar-refractivity contribution in [3.05, 3.63) is 34.7 Å². The lowest BCUT2D eigenvalue weighted by Gasteiger charge is -2.06. The number of aromatic nitrogens is 3. The minimum Gasteiger partial charge on any atom is -0.326 e. The van der Waals surface area contributed by atoms with Crippen LogP contribution in [0.4, 0.5) is 0 Å². The molecular formula is C16H18N4S. The van der Waals surface area contributed by atoms with Crippen molar-refractivity contribution in [2.75, 3.05) is 6.54 Å². The van der Waals surface area contributed by atoms with Crippen molar-refractivity contribution in [1.82, 2.24) is 19.9 Å². The molecule has 0 amide bonds. The SMILES string of the molecule is Cn1c(-c2csc(CC3CCCN3)n2)nc2ccccc21. The van der Waals surface area contributed by atoms with Crippen LogP contribution in [0.15, 0.2) is 29.6 Å². The molecule has 1 fully saturated rings. The van der Waals surface area contributed by atoms with E-state index in [-0.39, 0.29) is 0 Å². The molecule has 0 bridgehead atoms. The molecule has 0 saturated carbocycles. The van der Waals surface area contributed by atoms with Gasteiger partial charge in [0.2, 0.25) is 0 Å². The summed E-state index contributed by atoms with van der Waals surface area (Å²) in [5.41, 5.74) is 3.17. The molecule has 1 aliphatic rings. The van der Waals surface area contributed by atoms with E-state index in [1.165, 1.54) is 17.8 Å². The fourth-order valence-electron chi connectivity index (χ4n) is 3.02. The summed E-state index contributed by atoms with van der Waals surface area (Å²) >= 11 is 1.75. The monoisotopic (exact) mass is 298 g/mol. The maximum Gasteiger partial charge on any atom is 0.160 e. The maximum absolute atomic E-state index is 4.80. The van der Waals surface area contributed by atoms with Crippen LogP contribution in [0.2, 0.25) is 0 Å². The largest absolute Gasteiger partial charge is 0.326 e. The van der Waals surface area contributed by atoms with Gasteiger partial charge >= 0.3 is 0 Å². The molecule has 4 nitrogen and oxygen atoms in total. The summed E-state index contributed by atoms with van der Waals surface area (Å²) in [5, 5.41) is 6.87. The van der Waals surface area contributed by atoms with Crippen LogP contribution in [0.1, 0.15) is 17.8 Å². The van der Waals surface area contributed by atoms with Gasteiger partial charge in [-0.2, -0.15) is 0 Å². The highest BCUT2D eigenvalue weighted by Gasteiger charge is 2.18. The van der Waals surface area contributed by atoms with Crippen LogP contribution in [0.25, 0.3) is 22.6 Å². The highest BCUT2D eigenvalue weighted by molar-refractivity contribution is 7.09. The molecule has 108 valence electrons. The Morgan fingerprint density at radius 1 is 1.33 bits per heavy atom. The molecule has 5 heteroatoms. The number of aryl methyl sites for hydroxylation is 1. The van der Waals surface area contributed by atoms with Crippen LogP contribution >= 0.6 is 11.3 Å². The molecule has 1 unspecified atom stereocenters. The normalized spacial score (nSPS) is 18.6. The molecule has 1 saturated heterocycles. The van der Waals surface area contributed by atoms with E-state index in [1.807, 2.05) is 12.1 Å². The van der Waals surface area contributed by atoms with Gasteiger partial charge in [-0.25, -0.2) is 9.97 Å². The number of para-hydroxylation sites is 2. The molecule has 1 aromatic carbocycles. The summed E-state index contributed by atoms with van der Waals surface area (Å²) in [6.07, 6.45) is 3.59. The van der Waals surface area contributed by atoms with Gasteiger partial charge in [0.1, 0.15) is 5.69 Å². The van der Waals surface area contributed by atoms with Crippen molar-refractivity contribution in [2.24, 2.45) is 7.05 Å². The molecule has 21 heavy (non-hydrogen) atoms. The lowest BCUT2D eigenvalue weighted by atomic mass is 10.2. The van der Waals surface area contributed by atoms with Gasteiger partial charge in [0.15, 0.2) is 5.82 Å². The lowest BCUT2D eigenvalue weighted by Crippen LogP contribution is -2.23. The zero-order valence-corrected chi connectivity index (χ0v) is 12.9. The van der Waals surface area contributed by atoms with Crippen molar-refractivity contribution in [3.63, 3.8) is 0 Å². The van der Waals surface area contributed by atoms with Crippen LogP contribution in [0.5, 0.6) is 0 Å². The molecule has 1 atom stereocenters. The van der Waals surface area contributed by atoms with E-state index in [4.69, 9.17) is 9.97 Å². The van der Waals surface area contributed by atoms with E-state index in [2.05, 4.69) is 34.4 Å². The Morgan fingerprint density at radius 3 is 3.05 bits per heavy atom. The van der Waals surface area contributed by atoms with E-state index >= 15 is 0 Å². The van der Waals surface area contributed by atoms with Crippen molar-refractivity contribution in [3.8, 4) is 11.5 Å². The second-order valence-electron chi connectivity index (χ2n) is 5.61. The predicted molar refractivity (Wildman–Crippen MR) is 86.6 cm³/mol. The summed E-state index contributed by atoms with van der Waals surface area (Å²) in [7, 11) is 2.06. The Bertz CT molecular complexity index is 768. The first-order chi connectivity index (χ1) is 10.3. The second kappa shape index (κ2) is 5.24. The van der Waals surface area contributed by atoms with E-state index in [1.54, 1.807) is 11.3 Å². The summed E-state index contributed by atoms with van der Waals surface area (Å²) in [6, 6.07) is 8.82. The highest BCUT2D eigenvalue weighted by Crippen LogP contribution is 2.26. The van der Waals surface area contributed by atoms with E-state index in [0.29, 0.717) is 6.04 Å². The smallest absolute Gasteiger partial charge is 0.160 e. The number of imidazole rings is 1. The Balaban J connectivity index is 1.65. The molecule has 0 radical (unpaired) electrons. The van der Waals surface area contributed by atoms with Crippen molar-refractivity contribution in [2.45, 2.75) is 25.3 Å². The minimum absolute atomic E-state index is 0.601. The molecular weight excluding hydrogens is 280 g/mol. The van der Waals surface area contributed by atoms with Gasteiger partial charge in [-0.15, -0.1) is 11.3 Å². The first-order valence-corrected chi connectivity index (χ1v) is 8.29. The summed E-state index contributed by atoms with van der Waals surface area (Å²) < 4.78 is 2.13. The summed E-state index contributed by atoms with van der Waals surface area (Å²) in [6.45, 7) is 1.15. The maximum atomic E-state index is 4.80. The fraction of sp³-hybridized carbons (Fsp3) is 0.375. The Labute approximate surface area is 127 Å². The zero-order chi connectivity index (χ0) is 14.2. The molecule has 4 rings (SSSR count). The van der Waals surface area contributed by atoms with Gasteiger partial charge in [-0.1, -0.05) is 12.1 Å². The van der Waals surface area contributed by atoms with Crippen LogP contribution in [0, 0.1) is 0 Å². The average Bonchev–Trinajstić information content (AvgIpc) is 3.21. The van der Waals surface area contributed by atoms with Gasteiger partial charge in [0.05, 0.1) is 16.0 Å². The molecule has 0 spiro atoms. The lowest BCUT2D eigenvalue weighted by molar-refractivity contribution is 0.601. The second-order valence-corrected chi connectivity index (χ2v) is 6.55. The number of rotatable bonds is 3. The molecule has 1 N–H and O–H groups in total. The van der Waals surface area contributed by atoms with Crippen LogP contribution < -0.4 is 5.32 Å². The Kier molecular flexibility index (Phi) is 3.24. The van der Waals surface area contributed by atoms with Gasteiger partial charge in [0.25, 0.3) is 0 Å². The quantitative estimate of drug-likeness (QED) is 0.808. The third-order valence-corrected chi connectivity index (χ3v) is 5.02. The van der Waals surface area contributed by atoms with Crippen molar-refractivity contribution < 1.29 is 0 Å². The standard InChI is InChI=1S/C16H18N4S/c1-20-14-7-3-2-6-12(14)19-16(20)13-10-21-15(18-13)9-11-5-4-8-17-11/h2-3,6-7,10-11,17H,4-5,8-9H2,1H3. The van der Waals surface area contributed by atoms with E-state index < -0.39 is 0 Å². The Hall–Kier alpha value is -1.72. The number of hydrogen-bond donors (Lipinski definition) is 1. The number of nitrogens with one attached hydrogen (secondary N) is 1. The van der Waals surface area contributed by atoms with E-state index in [0.717, 1.165) is 35.5 Å². The zero-order valence-electron chi connectivity index (χ0n) is 12.0. The number of hydrogen-bond acceptors (Lipinski definition) is 4. The summed E-state index contributed by atoms with van der Waals surface area (Å²) in [5.74, 6) is 0.957. The van der Waals surface area contributed by atoms with Gasteiger partial charge in [-0.3, -0.25) is 0 Å². The fourth-order valence-corrected chi connectivity index (χ4v) is 3.88. The first kappa shape index (κ1) is 13.0. The van der Waals surface area contributed by atoms with Crippen molar-refractivity contribution in [1.29, 1.82) is 0 Å². The topological polar surface area (TPSA) is 42.7 Å². The molecule has 1 aliphatic heterocycles. The number of thiazole rings is 1. The van der Waals surface area contributed by atoms with Crippen LogP contribution in [0.3, 0.4) is 0 Å².